The highest BCUT2D eigenvalue weighted by Crippen LogP contribution is 2.45. The summed E-state index contributed by atoms with van der Waals surface area (Å²) < 4.78 is 6.43. The van der Waals surface area contributed by atoms with Gasteiger partial charge < -0.3 is 9.47 Å². The van der Waals surface area contributed by atoms with E-state index >= 15 is 0 Å². The number of imidazole rings is 1. The number of hydrogen-bond donors (Lipinski definition) is 0. The van der Waals surface area contributed by atoms with Crippen LogP contribution < -0.4 is 0 Å². The summed E-state index contributed by atoms with van der Waals surface area (Å²) >= 11 is 0.997. The molecule has 1 atom stereocenters. The highest BCUT2D eigenvalue weighted by molar-refractivity contribution is 8.13. The molecule has 0 bridgehead atoms. The average Bonchev–Trinajstić information content (AvgIpc) is 3.42. The predicted molar refractivity (Wildman–Crippen MR) is 120 cm³/mol. The second-order valence-electron chi connectivity index (χ2n) is 8.55. The van der Waals surface area contributed by atoms with Crippen LogP contribution in [0, 0.1) is 0 Å². The van der Waals surface area contributed by atoms with Crippen LogP contribution in [0.25, 0.3) is 22.0 Å². The van der Waals surface area contributed by atoms with Gasteiger partial charge in [-0.2, -0.15) is 0 Å². The fourth-order valence-electron chi connectivity index (χ4n) is 4.63. The van der Waals surface area contributed by atoms with E-state index in [0.29, 0.717) is 18.9 Å². The Morgan fingerprint density at radius 2 is 2.03 bits per heavy atom. The molecule has 1 aromatic carbocycles. The maximum absolute atomic E-state index is 12.7. The van der Waals surface area contributed by atoms with E-state index in [1.807, 2.05) is 32.3 Å². The number of nitrogens with zero attached hydrogens (tertiary/aromatic N) is 5. The fraction of sp³-hybridized carbons (Fsp3) is 0.348. The molecular weight excluding hydrogens is 410 g/mol. The van der Waals surface area contributed by atoms with Gasteiger partial charge in [0.25, 0.3) is 0 Å². The third-order valence-electron chi connectivity index (χ3n) is 6.37. The predicted octanol–water partition coefficient (Wildman–Crippen LogP) is 3.88. The molecular formula is C23H21N5O2S. The third-order valence-corrected chi connectivity index (χ3v) is 7.03. The number of hydrogen-bond acceptors (Lipinski definition) is 6. The Bertz CT molecular complexity index is 1310. The normalized spacial score (nSPS) is 21.0. The van der Waals surface area contributed by atoms with E-state index in [2.05, 4.69) is 26.1 Å². The quantitative estimate of drug-likeness (QED) is 0.588. The molecule has 7 nitrogen and oxygen atoms in total. The van der Waals surface area contributed by atoms with Gasteiger partial charge in [-0.25, -0.2) is 9.38 Å². The summed E-state index contributed by atoms with van der Waals surface area (Å²) in [5.74, 6) is 1.62. The van der Waals surface area contributed by atoms with Crippen LogP contribution in [0.15, 0.2) is 34.9 Å². The van der Waals surface area contributed by atoms with Gasteiger partial charge in [0.05, 0.1) is 47.7 Å². The second-order valence-corrected chi connectivity index (χ2v) is 9.37. The second kappa shape index (κ2) is 6.75. The zero-order valence-electron chi connectivity index (χ0n) is 17.3. The first kappa shape index (κ1) is 18.7. The zero-order chi connectivity index (χ0) is 21.3. The lowest BCUT2D eigenvalue weighted by Crippen LogP contribution is -2.39. The molecule has 1 aliphatic carbocycles. The standard InChI is InChI=1S/C23H21N5O2S/c1-12-23(30)27(2)11-19-21(25-22(28(12)19)13-6-7-13)15-5-3-4-14-8-17(24-10-16(14)15)18-9-20(29)31-26-18/h3-5,8,10,12-13H,6-7,9,11H2,1-2H3. The molecule has 1 saturated carbocycles. The molecule has 1 amide bonds. The van der Waals surface area contributed by atoms with Crippen LogP contribution in [0.5, 0.6) is 0 Å². The van der Waals surface area contributed by atoms with Gasteiger partial charge in [0.15, 0.2) is 0 Å². The lowest BCUT2D eigenvalue weighted by atomic mass is 10.0. The molecule has 0 spiro atoms. The first-order valence-electron chi connectivity index (χ1n) is 10.5. The van der Waals surface area contributed by atoms with Gasteiger partial charge in [-0.3, -0.25) is 14.6 Å². The Labute approximate surface area is 183 Å². The van der Waals surface area contributed by atoms with Gasteiger partial charge in [0, 0.05) is 30.1 Å². The number of likely N-dealkylation sites (N-methyl/N-ethyl adjacent to an activating group) is 1. The minimum Gasteiger partial charge on any atom is -0.338 e. The van der Waals surface area contributed by atoms with Gasteiger partial charge in [-0.15, -0.1) is 0 Å². The number of amides is 1. The van der Waals surface area contributed by atoms with Crippen LogP contribution in [-0.4, -0.2) is 43.2 Å². The minimum absolute atomic E-state index is 0.0516. The van der Waals surface area contributed by atoms with Gasteiger partial charge in [-0.1, -0.05) is 18.2 Å². The summed E-state index contributed by atoms with van der Waals surface area (Å²) in [5, 5.41) is 2.10. The molecule has 4 heterocycles. The maximum atomic E-state index is 12.7. The maximum Gasteiger partial charge on any atom is 0.245 e. The van der Waals surface area contributed by atoms with Crippen molar-refractivity contribution < 1.29 is 9.59 Å². The summed E-state index contributed by atoms with van der Waals surface area (Å²) in [6.45, 7) is 2.52. The largest absolute Gasteiger partial charge is 0.338 e. The lowest BCUT2D eigenvalue weighted by Gasteiger charge is -2.31. The molecule has 1 unspecified atom stereocenters. The molecule has 2 aliphatic heterocycles. The van der Waals surface area contributed by atoms with E-state index < -0.39 is 0 Å². The Kier molecular flexibility index (Phi) is 4.08. The van der Waals surface area contributed by atoms with Crippen molar-refractivity contribution in [2.75, 3.05) is 7.05 Å². The van der Waals surface area contributed by atoms with Crippen molar-refractivity contribution in [3.63, 3.8) is 0 Å². The Morgan fingerprint density at radius 3 is 2.77 bits per heavy atom. The van der Waals surface area contributed by atoms with Gasteiger partial charge in [-0.05, 0) is 31.2 Å². The smallest absolute Gasteiger partial charge is 0.245 e. The van der Waals surface area contributed by atoms with Gasteiger partial charge in [0.2, 0.25) is 11.0 Å². The molecule has 3 aromatic rings. The van der Waals surface area contributed by atoms with Crippen LogP contribution >= 0.6 is 11.9 Å². The van der Waals surface area contributed by atoms with E-state index in [1.54, 1.807) is 4.90 Å². The van der Waals surface area contributed by atoms with E-state index in [4.69, 9.17) is 4.98 Å². The molecule has 1 fully saturated rings. The molecule has 0 radical (unpaired) electrons. The number of aromatic nitrogens is 3. The van der Waals surface area contributed by atoms with E-state index in [1.165, 1.54) is 0 Å². The summed E-state index contributed by atoms with van der Waals surface area (Å²) in [5.41, 5.74) is 4.53. The Hall–Kier alpha value is -3.00. The van der Waals surface area contributed by atoms with Crippen molar-refractivity contribution in [3.05, 3.63) is 47.7 Å². The van der Waals surface area contributed by atoms with Crippen LogP contribution in [0.3, 0.4) is 0 Å². The molecule has 156 valence electrons. The van der Waals surface area contributed by atoms with Crippen LogP contribution in [0.2, 0.25) is 0 Å². The molecule has 0 N–H and O–H groups in total. The van der Waals surface area contributed by atoms with E-state index in [-0.39, 0.29) is 17.1 Å². The van der Waals surface area contributed by atoms with E-state index in [9.17, 15) is 9.59 Å². The summed E-state index contributed by atoms with van der Waals surface area (Å²) in [4.78, 5) is 35.7. The van der Waals surface area contributed by atoms with Crippen LogP contribution in [0.4, 0.5) is 0 Å². The van der Waals surface area contributed by atoms with Crippen molar-refractivity contribution in [3.8, 4) is 11.3 Å². The van der Waals surface area contributed by atoms with Crippen molar-refractivity contribution in [1.82, 2.24) is 19.4 Å². The SMILES string of the molecule is CC1C(=O)N(C)Cc2c(-c3cccc4cc(C5=NSC(=O)C5)ncc34)nc(C3CC3)n21. The molecule has 6 rings (SSSR count). The lowest BCUT2D eigenvalue weighted by molar-refractivity contribution is -0.135. The molecule has 2 aromatic heterocycles. The highest BCUT2D eigenvalue weighted by atomic mass is 32.2. The molecule has 0 saturated heterocycles. The number of carbonyl (C=O) groups excluding carboxylic acids is 2. The minimum atomic E-state index is -0.235. The van der Waals surface area contributed by atoms with E-state index in [0.717, 1.165) is 69.7 Å². The van der Waals surface area contributed by atoms with Gasteiger partial charge >= 0.3 is 0 Å². The topological polar surface area (TPSA) is 80.5 Å². The number of fused-ring (bicyclic) bond motifs is 2. The fourth-order valence-corrected chi connectivity index (χ4v) is 5.20. The Morgan fingerprint density at radius 1 is 1.19 bits per heavy atom. The van der Waals surface area contributed by atoms with Crippen LogP contribution in [0.1, 0.15) is 55.4 Å². The molecule has 8 heteroatoms. The molecule has 31 heavy (non-hydrogen) atoms. The summed E-state index contributed by atoms with van der Waals surface area (Å²) in [7, 11) is 1.86. The monoisotopic (exact) mass is 431 g/mol. The summed E-state index contributed by atoms with van der Waals surface area (Å²) in [6, 6.07) is 7.93. The number of pyridine rings is 1. The number of rotatable bonds is 3. The zero-order valence-corrected chi connectivity index (χ0v) is 18.1. The van der Waals surface area contributed by atoms with Crippen molar-refractivity contribution in [2.45, 2.75) is 44.7 Å². The summed E-state index contributed by atoms with van der Waals surface area (Å²) in [6.07, 6.45) is 4.44. The third kappa shape index (κ3) is 2.92. The first-order valence-corrected chi connectivity index (χ1v) is 11.3. The number of benzene rings is 1. The average molecular weight is 432 g/mol. The van der Waals surface area contributed by atoms with Gasteiger partial charge in [0.1, 0.15) is 11.9 Å². The van der Waals surface area contributed by atoms with Crippen molar-refractivity contribution in [1.29, 1.82) is 0 Å². The first-order chi connectivity index (χ1) is 15.0. The Balaban J connectivity index is 1.51. The van der Waals surface area contributed by atoms with Crippen LogP contribution in [-0.2, 0) is 16.1 Å². The van der Waals surface area contributed by atoms with Crippen molar-refractivity contribution >= 4 is 39.5 Å². The number of carbonyl (C=O) groups is 2. The molecule has 3 aliphatic rings. The van der Waals surface area contributed by atoms with Crippen molar-refractivity contribution in [2.24, 2.45) is 4.40 Å². The highest BCUT2D eigenvalue weighted by Gasteiger charge is 2.38.